The Labute approximate surface area is 284 Å². The zero-order chi connectivity index (χ0) is 32.7. The highest BCUT2D eigenvalue weighted by Crippen LogP contribution is 2.28. The topological polar surface area (TPSA) is 86.8 Å². The first-order valence-electron chi connectivity index (χ1n) is 15.3. The summed E-state index contributed by atoms with van der Waals surface area (Å²) < 4.78 is 30.2. The molecular weight excluding hydrogens is 686 g/mol. The molecule has 0 spiro atoms. The first kappa shape index (κ1) is 33.7. The summed E-state index contributed by atoms with van der Waals surface area (Å²) in [4.78, 5) is 30.2. The molecule has 10 heteroatoms. The molecule has 0 unspecified atom stereocenters. The average molecular weight is 723 g/mol. The maximum Gasteiger partial charge on any atom is 0.264 e. The minimum absolute atomic E-state index is 0.0207. The van der Waals surface area contributed by atoms with Gasteiger partial charge in [-0.1, -0.05) is 107 Å². The van der Waals surface area contributed by atoms with Gasteiger partial charge in [0.1, 0.15) is 12.6 Å². The van der Waals surface area contributed by atoms with E-state index in [9.17, 15) is 18.0 Å². The summed E-state index contributed by atoms with van der Waals surface area (Å²) in [6, 6.07) is 29.1. The minimum Gasteiger partial charge on any atom is -0.352 e. The van der Waals surface area contributed by atoms with E-state index in [0.717, 1.165) is 45.6 Å². The lowest BCUT2D eigenvalue weighted by atomic mass is 10.0. The van der Waals surface area contributed by atoms with Crippen molar-refractivity contribution in [2.24, 2.45) is 0 Å². The van der Waals surface area contributed by atoms with Gasteiger partial charge in [-0.2, -0.15) is 0 Å². The third-order valence-corrected chi connectivity index (χ3v) is 11.0. The Kier molecular flexibility index (Phi) is 11.2. The predicted molar refractivity (Wildman–Crippen MR) is 186 cm³/mol. The lowest BCUT2D eigenvalue weighted by Crippen LogP contribution is -2.54. The van der Waals surface area contributed by atoms with Gasteiger partial charge in [0.15, 0.2) is 0 Å². The molecule has 0 saturated heterocycles. The number of hydrogen-bond acceptors (Lipinski definition) is 4. The second-order valence-electron chi connectivity index (χ2n) is 11.6. The summed E-state index contributed by atoms with van der Waals surface area (Å²) in [5.41, 5.74) is 2.77. The van der Waals surface area contributed by atoms with Crippen LogP contribution in [-0.4, -0.2) is 43.8 Å². The highest BCUT2D eigenvalue weighted by molar-refractivity contribution is 9.10. The predicted octanol–water partition coefficient (Wildman–Crippen LogP) is 7.31. The number of carbonyl (C=O) groups excluding carboxylic acids is 2. The van der Waals surface area contributed by atoms with Crippen LogP contribution in [0, 0.1) is 6.92 Å². The van der Waals surface area contributed by atoms with Crippen LogP contribution >= 0.6 is 27.5 Å². The van der Waals surface area contributed by atoms with Crippen LogP contribution in [-0.2, 0) is 32.6 Å². The van der Waals surface area contributed by atoms with E-state index >= 15 is 0 Å². The molecule has 240 valence electrons. The Morgan fingerprint density at radius 1 is 0.891 bits per heavy atom. The maximum absolute atomic E-state index is 14.6. The summed E-state index contributed by atoms with van der Waals surface area (Å²) in [5.74, 6) is -0.797. The van der Waals surface area contributed by atoms with Crippen molar-refractivity contribution in [1.82, 2.24) is 10.2 Å². The Bertz CT molecular complexity index is 1750. The van der Waals surface area contributed by atoms with Crippen LogP contribution in [0.15, 0.2) is 112 Å². The lowest BCUT2D eigenvalue weighted by molar-refractivity contribution is -0.140. The molecule has 0 heterocycles. The van der Waals surface area contributed by atoms with Crippen molar-refractivity contribution in [3.63, 3.8) is 0 Å². The number of halogens is 2. The number of aryl methyl sites for hydroxylation is 1. The molecular formula is C36H37BrClN3O4S. The van der Waals surface area contributed by atoms with E-state index < -0.39 is 28.5 Å². The van der Waals surface area contributed by atoms with Crippen molar-refractivity contribution in [3.05, 3.63) is 129 Å². The van der Waals surface area contributed by atoms with Crippen molar-refractivity contribution < 1.29 is 18.0 Å². The third-order valence-electron chi connectivity index (χ3n) is 8.27. The molecule has 1 N–H and O–H groups in total. The molecule has 2 amide bonds. The van der Waals surface area contributed by atoms with Gasteiger partial charge in [0.25, 0.3) is 10.0 Å². The molecule has 1 aliphatic carbocycles. The third kappa shape index (κ3) is 8.37. The monoisotopic (exact) mass is 721 g/mol. The van der Waals surface area contributed by atoms with E-state index in [-0.39, 0.29) is 29.8 Å². The van der Waals surface area contributed by atoms with Gasteiger partial charge in [-0.3, -0.25) is 13.9 Å². The highest BCUT2D eigenvalue weighted by Gasteiger charge is 2.35. The number of sulfonamides is 1. The molecule has 0 bridgehead atoms. The van der Waals surface area contributed by atoms with E-state index in [1.54, 1.807) is 48.5 Å². The van der Waals surface area contributed by atoms with Crippen LogP contribution in [0.1, 0.15) is 42.4 Å². The van der Waals surface area contributed by atoms with Crippen molar-refractivity contribution >= 4 is 55.1 Å². The van der Waals surface area contributed by atoms with Crippen LogP contribution < -0.4 is 9.62 Å². The van der Waals surface area contributed by atoms with Crippen LogP contribution in [0.25, 0.3) is 0 Å². The second-order valence-corrected chi connectivity index (χ2v) is 14.8. The first-order chi connectivity index (χ1) is 22.1. The van der Waals surface area contributed by atoms with Gasteiger partial charge in [0.05, 0.1) is 10.6 Å². The maximum atomic E-state index is 14.6. The van der Waals surface area contributed by atoms with E-state index in [4.69, 9.17) is 11.6 Å². The molecule has 4 aromatic carbocycles. The molecule has 5 rings (SSSR count). The largest absolute Gasteiger partial charge is 0.352 e. The molecule has 0 aromatic heterocycles. The van der Waals surface area contributed by atoms with E-state index in [0.29, 0.717) is 16.3 Å². The number of rotatable bonds is 12. The molecule has 7 nitrogen and oxygen atoms in total. The van der Waals surface area contributed by atoms with Crippen LogP contribution in [0.2, 0.25) is 5.02 Å². The first-order valence-corrected chi connectivity index (χ1v) is 17.9. The smallest absolute Gasteiger partial charge is 0.264 e. The molecule has 1 aliphatic rings. The number of hydrogen-bond donors (Lipinski definition) is 1. The number of anilines is 1. The van der Waals surface area contributed by atoms with E-state index in [1.165, 1.54) is 17.0 Å². The van der Waals surface area contributed by atoms with E-state index in [2.05, 4.69) is 21.2 Å². The Hall–Kier alpha value is -3.66. The average Bonchev–Trinajstić information content (AvgIpc) is 3.56. The molecule has 4 aromatic rings. The van der Waals surface area contributed by atoms with Crippen LogP contribution in [0.5, 0.6) is 0 Å². The van der Waals surface area contributed by atoms with Crippen molar-refractivity contribution in [3.8, 4) is 0 Å². The molecule has 1 atom stereocenters. The fraction of sp³-hybridized carbons (Fsp3) is 0.278. The van der Waals surface area contributed by atoms with Gasteiger partial charge in [-0.15, -0.1) is 0 Å². The minimum atomic E-state index is -4.17. The molecule has 46 heavy (non-hydrogen) atoms. The van der Waals surface area contributed by atoms with Gasteiger partial charge in [0, 0.05) is 28.5 Å². The van der Waals surface area contributed by atoms with Gasteiger partial charge < -0.3 is 10.2 Å². The highest BCUT2D eigenvalue weighted by atomic mass is 79.9. The van der Waals surface area contributed by atoms with Crippen LogP contribution in [0.3, 0.4) is 0 Å². The zero-order valence-corrected chi connectivity index (χ0v) is 28.8. The Balaban J connectivity index is 1.57. The van der Waals surface area contributed by atoms with Gasteiger partial charge in [0.2, 0.25) is 11.8 Å². The summed E-state index contributed by atoms with van der Waals surface area (Å²) in [5, 5.41) is 3.64. The fourth-order valence-corrected chi connectivity index (χ4v) is 7.58. The van der Waals surface area contributed by atoms with Crippen molar-refractivity contribution in [2.45, 2.75) is 62.6 Å². The Morgan fingerprint density at radius 3 is 2.17 bits per heavy atom. The van der Waals surface area contributed by atoms with Gasteiger partial charge >= 0.3 is 0 Å². The second kappa shape index (κ2) is 15.3. The number of nitrogens with zero attached hydrogens (tertiary/aromatic N) is 2. The van der Waals surface area contributed by atoms with Crippen LogP contribution in [0.4, 0.5) is 5.69 Å². The van der Waals surface area contributed by atoms with Crippen molar-refractivity contribution in [1.29, 1.82) is 0 Å². The summed E-state index contributed by atoms with van der Waals surface area (Å²) >= 11 is 10.0. The Morgan fingerprint density at radius 2 is 1.52 bits per heavy atom. The van der Waals surface area contributed by atoms with E-state index in [1.807, 2.05) is 49.4 Å². The summed E-state index contributed by atoms with van der Waals surface area (Å²) in [6.45, 7) is 1.37. The SMILES string of the molecule is Cc1ccc(S(=O)(=O)N(CC(=O)N(Cc2ccccc2Cl)[C@H](Cc2ccccc2)C(=O)NC2CCCC2)c2ccc(Br)cc2)cc1. The summed E-state index contributed by atoms with van der Waals surface area (Å²) in [6.07, 6.45) is 4.09. The fourth-order valence-electron chi connectivity index (χ4n) is 5.71. The number of nitrogens with one attached hydrogen (secondary N) is 1. The lowest BCUT2D eigenvalue weighted by Gasteiger charge is -2.34. The summed E-state index contributed by atoms with van der Waals surface area (Å²) in [7, 11) is -4.17. The number of carbonyl (C=O) groups is 2. The molecule has 0 aliphatic heterocycles. The normalized spacial score (nSPS) is 14.1. The number of benzene rings is 4. The number of amides is 2. The standard InChI is InChI=1S/C36H37BrClN3O4S/c1-26-15-21-32(22-16-26)46(44,45)41(31-19-17-29(37)18-20-31)25-35(42)40(24-28-11-5-8-14-33(28)38)34(23-27-9-3-2-4-10-27)36(43)39-30-12-6-7-13-30/h2-5,8-11,14-22,30,34H,6-7,12-13,23-25H2,1H3,(H,39,43)/t34-/m1/s1. The molecule has 0 radical (unpaired) electrons. The van der Waals surface area contributed by atoms with Gasteiger partial charge in [-0.25, -0.2) is 8.42 Å². The van der Waals surface area contributed by atoms with Gasteiger partial charge in [-0.05, 0) is 73.4 Å². The zero-order valence-electron chi connectivity index (χ0n) is 25.6. The molecule has 1 fully saturated rings. The quantitative estimate of drug-likeness (QED) is 0.166. The molecule has 1 saturated carbocycles. The van der Waals surface area contributed by atoms with Crippen molar-refractivity contribution in [2.75, 3.05) is 10.8 Å².